The zero-order chi connectivity index (χ0) is 17.2. The van der Waals surface area contributed by atoms with Crippen molar-refractivity contribution in [1.29, 1.82) is 0 Å². The fourth-order valence-corrected chi connectivity index (χ4v) is 2.62. The summed E-state index contributed by atoms with van der Waals surface area (Å²) in [4.78, 5) is 20.7. The standard InChI is InChI=1S/C18H15N5O2.ClH/c1-2-25-18(24)17-21-15-6-4-3-5-13(15)16(22-17)20-12-7-8-14-11(9-12)10-19-23-14;/h3-10H,2H2,1H3,(H,19,23)(H,20,21,22);1H. The molecule has 2 aromatic heterocycles. The highest BCUT2D eigenvalue weighted by atomic mass is 35.5. The first-order valence-corrected chi connectivity index (χ1v) is 7.88. The number of hydrogen-bond donors (Lipinski definition) is 2. The van der Waals surface area contributed by atoms with Gasteiger partial charge in [-0.3, -0.25) is 5.10 Å². The minimum absolute atomic E-state index is 0. The van der Waals surface area contributed by atoms with Gasteiger partial charge in [0.1, 0.15) is 5.82 Å². The van der Waals surface area contributed by atoms with Gasteiger partial charge in [-0.15, -0.1) is 12.4 Å². The topological polar surface area (TPSA) is 92.8 Å². The van der Waals surface area contributed by atoms with E-state index in [1.54, 1.807) is 13.1 Å². The van der Waals surface area contributed by atoms with E-state index >= 15 is 0 Å². The molecular formula is C18H16ClN5O2. The van der Waals surface area contributed by atoms with Gasteiger partial charge in [-0.2, -0.15) is 5.10 Å². The summed E-state index contributed by atoms with van der Waals surface area (Å²) in [5.41, 5.74) is 2.46. The maximum atomic E-state index is 12.0. The van der Waals surface area contributed by atoms with Gasteiger partial charge in [-0.25, -0.2) is 14.8 Å². The molecule has 0 spiro atoms. The highest BCUT2D eigenvalue weighted by molar-refractivity contribution is 5.95. The first-order chi connectivity index (χ1) is 12.2. The Bertz CT molecular complexity index is 1080. The molecule has 2 aromatic carbocycles. The Morgan fingerprint density at radius 2 is 2.04 bits per heavy atom. The molecule has 0 unspecified atom stereocenters. The van der Waals surface area contributed by atoms with E-state index in [4.69, 9.17) is 4.74 Å². The molecule has 0 saturated heterocycles. The average Bonchev–Trinajstić information content (AvgIpc) is 3.09. The van der Waals surface area contributed by atoms with E-state index in [1.165, 1.54) is 0 Å². The predicted octanol–water partition coefficient (Wildman–Crippen LogP) is 3.85. The van der Waals surface area contributed by atoms with E-state index in [1.807, 2.05) is 42.5 Å². The van der Waals surface area contributed by atoms with Crippen LogP contribution < -0.4 is 5.32 Å². The smallest absolute Gasteiger partial charge is 0.376 e. The molecule has 2 heterocycles. The van der Waals surface area contributed by atoms with Crippen molar-refractivity contribution < 1.29 is 9.53 Å². The van der Waals surface area contributed by atoms with Crippen LogP contribution in [0, 0.1) is 0 Å². The zero-order valence-electron chi connectivity index (χ0n) is 13.9. The minimum atomic E-state index is -0.540. The van der Waals surface area contributed by atoms with Crippen molar-refractivity contribution in [2.24, 2.45) is 0 Å². The minimum Gasteiger partial charge on any atom is -0.460 e. The van der Waals surface area contributed by atoms with Crippen LogP contribution in [0.5, 0.6) is 0 Å². The number of carbonyl (C=O) groups excluding carboxylic acids is 1. The molecule has 0 aliphatic heterocycles. The number of fused-ring (bicyclic) bond motifs is 2. The third-order valence-corrected chi connectivity index (χ3v) is 3.76. The number of halogens is 1. The quantitative estimate of drug-likeness (QED) is 0.531. The normalized spacial score (nSPS) is 10.5. The number of aromatic nitrogens is 4. The zero-order valence-corrected chi connectivity index (χ0v) is 14.7. The molecule has 0 amide bonds. The van der Waals surface area contributed by atoms with Gasteiger partial charge in [0.2, 0.25) is 5.82 Å². The number of esters is 1. The molecule has 0 radical (unpaired) electrons. The number of H-pyrrole nitrogens is 1. The van der Waals surface area contributed by atoms with Gasteiger partial charge >= 0.3 is 5.97 Å². The molecule has 8 heteroatoms. The lowest BCUT2D eigenvalue weighted by molar-refractivity contribution is 0.0512. The molecule has 4 rings (SSSR count). The Labute approximate surface area is 155 Å². The van der Waals surface area contributed by atoms with E-state index in [0.29, 0.717) is 11.3 Å². The Kier molecular flexibility index (Phi) is 4.99. The molecule has 4 aromatic rings. The molecule has 0 aliphatic rings. The van der Waals surface area contributed by atoms with Crippen LogP contribution >= 0.6 is 12.4 Å². The van der Waals surface area contributed by atoms with Gasteiger partial charge in [-0.05, 0) is 37.3 Å². The largest absolute Gasteiger partial charge is 0.460 e. The van der Waals surface area contributed by atoms with Crippen LogP contribution in [0.2, 0.25) is 0 Å². The third-order valence-electron chi connectivity index (χ3n) is 3.76. The number of benzene rings is 2. The fraction of sp³-hybridized carbons (Fsp3) is 0.111. The molecule has 132 valence electrons. The van der Waals surface area contributed by atoms with Gasteiger partial charge in [0.05, 0.1) is 23.8 Å². The number of aromatic amines is 1. The van der Waals surface area contributed by atoms with E-state index in [0.717, 1.165) is 22.0 Å². The number of carbonyl (C=O) groups is 1. The maximum Gasteiger partial charge on any atom is 0.376 e. The van der Waals surface area contributed by atoms with Crippen molar-refractivity contribution in [2.75, 3.05) is 11.9 Å². The van der Waals surface area contributed by atoms with Crippen LogP contribution in [-0.2, 0) is 4.74 Å². The van der Waals surface area contributed by atoms with Gasteiger partial charge in [-0.1, -0.05) is 12.1 Å². The number of hydrogen-bond acceptors (Lipinski definition) is 6. The number of ether oxygens (including phenoxy) is 1. The number of rotatable bonds is 4. The summed E-state index contributed by atoms with van der Waals surface area (Å²) in [7, 11) is 0. The second-order valence-electron chi connectivity index (χ2n) is 5.43. The number of anilines is 2. The second-order valence-corrected chi connectivity index (χ2v) is 5.43. The van der Waals surface area contributed by atoms with E-state index in [2.05, 4.69) is 25.5 Å². The van der Waals surface area contributed by atoms with Crippen molar-refractivity contribution in [2.45, 2.75) is 6.92 Å². The summed E-state index contributed by atoms with van der Waals surface area (Å²) in [6, 6.07) is 13.3. The summed E-state index contributed by atoms with van der Waals surface area (Å²) in [6.45, 7) is 2.02. The van der Waals surface area contributed by atoms with Crippen molar-refractivity contribution in [1.82, 2.24) is 20.2 Å². The molecule has 0 bridgehead atoms. The van der Waals surface area contributed by atoms with E-state index in [-0.39, 0.29) is 24.8 Å². The lowest BCUT2D eigenvalue weighted by atomic mass is 10.2. The summed E-state index contributed by atoms with van der Waals surface area (Å²) >= 11 is 0. The summed E-state index contributed by atoms with van der Waals surface area (Å²) in [5.74, 6) is 0.0468. The Morgan fingerprint density at radius 3 is 2.88 bits per heavy atom. The molecule has 0 fully saturated rings. The fourth-order valence-electron chi connectivity index (χ4n) is 2.62. The SMILES string of the molecule is CCOC(=O)c1nc(Nc2ccc3[nH]ncc3c2)c2ccccc2n1.Cl. The predicted molar refractivity (Wildman–Crippen MR) is 102 cm³/mol. The molecule has 0 saturated carbocycles. The van der Waals surface area contributed by atoms with Crippen LogP contribution in [0.25, 0.3) is 21.8 Å². The molecule has 0 atom stereocenters. The third kappa shape index (κ3) is 3.29. The van der Waals surface area contributed by atoms with Gasteiger partial charge in [0.15, 0.2) is 0 Å². The first-order valence-electron chi connectivity index (χ1n) is 7.88. The van der Waals surface area contributed by atoms with Gasteiger partial charge in [0, 0.05) is 16.5 Å². The summed E-state index contributed by atoms with van der Waals surface area (Å²) < 4.78 is 5.03. The Morgan fingerprint density at radius 1 is 1.19 bits per heavy atom. The van der Waals surface area contributed by atoms with Crippen LogP contribution in [0.3, 0.4) is 0 Å². The molecule has 26 heavy (non-hydrogen) atoms. The van der Waals surface area contributed by atoms with Crippen LogP contribution in [0.1, 0.15) is 17.5 Å². The molecule has 0 aliphatic carbocycles. The van der Waals surface area contributed by atoms with Crippen LogP contribution in [0.15, 0.2) is 48.7 Å². The summed E-state index contributed by atoms with van der Waals surface area (Å²) in [5, 5.41) is 12.0. The number of para-hydroxylation sites is 1. The van der Waals surface area contributed by atoms with Crippen molar-refractivity contribution in [3.05, 3.63) is 54.5 Å². The second kappa shape index (κ2) is 7.37. The maximum absolute atomic E-state index is 12.0. The lowest BCUT2D eigenvalue weighted by Gasteiger charge is -2.10. The highest BCUT2D eigenvalue weighted by Crippen LogP contribution is 2.25. The monoisotopic (exact) mass is 369 g/mol. The van der Waals surface area contributed by atoms with Crippen LogP contribution in [0.4, 0.5) is 11.5 Å². The highest BCUT2D eigenvalue weighted by Gasteiger charge is 2.15. The van der Waals surface area contributed by atoms with Crippen molar-refractivity contribution in [3.63, 3.8) is 0 Å². The van der Waals surface area contributed by atoms with Gasteiger partial charge < -0.3 is 10.1 Å². The molecular weight excluding hydrogens is 354 g/mol. The molecule has 7 nitrogen and oxygen atoms in total. The van der Waals surface area contributed by atoms with Gasteiger partial charge in [0.25, 0.3) is 0 Å². The Hall–Kier alpha value is -3.19. The van der Waals surface area contributed by atoms with Crippen LogP contribution in [-0.4, -0.2) is 32.7 Å². The number of nitrogens with one attached hydrogen (secondary N) is 2. The number of nitrogens with zero attached hydrogens (tertiary/aromatic N) is 3. The summed E-state index contributed by atoms with van der Waals surface area (Å²) in [6.07, 6.45) is 1.75. The van der Waals surface area contributed by atoms with Crippen molar-refractivity contribution >= 4 is 51.7 Å². The van der Waals surface area contributed by atoms with E-state index < -0.39 is 5.97 Å². The van der Waals surface area contributed by atoms with Crippen molar-refractivity contribution in [3.8, 4) is 0 Å². The van der Waals surface area contributed by atoms with E-state index in [9.17, 15) is 4.79 Å². The Balaban J connectivity index is 0.00000196. The first kappa shape index (κ1) is 17.6. The average molecular weight is 370 g/mol. The molecule has 2 N–H and O–H groups in total. The lowest BCUT2D eigenvalue weighted by Crippen LogP contribution is -2.11.